The van der Waals surface area contributed by atoms with E-state index in [4.69, 9.17) is 4.43 Å². The number of carbonyl (C=O) groups is 1. The molecule has 2 nitrogen and oxygen atoms in total. The maximum Gasteiger partial charge on any atom is 0.274 e. The normalized spacial score (nSPS) is 11.7. The zero-order valence-corrected chi connectivity index (χ0v) is 14.0. The van der Waals surface area contributed by atoms with Crippen molar-refractivity contribution in [1.29, 1.82) is 0 Å². The summed E-state index contributed by atoms with van der Waals surface area (Å²) in [5, 5.41) is 0. The van der Waals surface area contributed by atoms with Crippen LogP contribution >= 0.6 is 0 Å². The molecule has 1 aromatic rings. The maximum atomic E-state index is 11.1. The zero-order chi connectivity index (χ0) is 14.6. The van der Waals surface area contributed by atoms with Crippen LogP contribution in [-0.4, -0.2) is 14.8 Å². The van der Waals surface area contributed by atoms with Gasteiger partial charge in [-0.3, -0.25) is 0 Å². The Morgan fingerprint density at radius 3 is 2.37 bits per heavy atom. The van der Waals surface area contributed by atoms with Crippen molar-refractivity contribution in [3.8, 4) is 5.75 Å². The lowest BCUT2D eigenvalue weighted by atomic mass is 9.86. The molecule has 0 saturated heterocycles. The Morgan fingerprint density at radius 2 is 1.89 bits per heavy atom. The lowest BCUT2D eigenvalue weighted by molar-refractivity contribution is -0.116. The van der Waals surface area contributed by atoms with E-state index in [2.05, 4.69) is 52.1 Å². The van der Waals surface area contributed by atoms with E-state index in [1.807, 2.05) is 0 Å². The van der Waals surface area contributed by atoms with Gasteiger partial charge >= 0.3 is 0 Å². The van der Waals surface area contributed by atoms with Crippen LogP contribution in [0.2, 0.25) is 13.1 Å². The standard InChI is InChI=1S/C16H25O2Si/c1-12(17)7-8-13-9-10-14(16(2,3)4)11-15(13)18-19(5)6/h9-11H,7-8H2,1-6H3. The van der Waals surface area contributed by atoms with E-state index in [-0.39, 0.29) is 11.2 Å². The molecule has 0 saturated carbocycles. The summed E-state index contributed by atoms with van der Waals surface area (Å²) in [5.74, 6) is 1.19. The van der Waals surface area contributed by atoms with Gasteiger partial charge in [0.25, 0.3) is 9.04 Å². The highest BCUT2D eigenvalue weighted by atomic mass is 28.3. The van der Waals surface area contributed by atoms with Crippen molar-refractivity contribution in [3.05, 3.63) is 29.3 Å². The first-order valence-corrected chi connectivity index (χ1v) is 9.22. The van der Waals surface area contributed by atoms with E-state index in [9.17, 15) is 4.79 Å². The second kappa shape index (κ2) is 6.37. The monoisotopic (exact) mass is 277 g/mol. The Bertz CT molecular complexity index is 445. The van der Waals surface area contributed by atoms with Crippen molar-refractivity contribution in [1.82, 2.24) is 0 Å². The molecule has 0 unspecified atom stereocenters. The fourth-order valence-electron chi connectivity index (χ4n) is 1.85. The van der Waals surface area contributed by atoms with Gasteiger partial charge in [0, 0.05) is 6.42 Å². The van der Waals surface area contributed by atoms with Crippen molar-refractivity contribution in [2.75, 3.05) is 0 Å². The number of rotatable bonds is 5. The van der Waals surface area contributed by atoms with Gasteiger partial charge in [0.05, 0.1) is 0 Å². The molecule has 0 fully saturated rings. The predicted molar refractivity (Wildman–Crippen MR) is 82.3 cm³/mol. The first-order valence-electron chi connectivity index (χ1n) is 6.81. The van der Waals surface area contributed by atoms with E-state index in [0.29, 0.717) is 6.42 Å². The number of benzene rings is 1. The smallest absolute Gasteiger partial charge is 0.274 e. The van der Waals surface area contributed by atoms with Crippen LogP contribution in [0.4, 0.5) is 0 Å². The number of hydrogen-bond donors (Lipinski definition) is 0. The number of Topliss-reactive ketones (excluding diaryl/α,β-unsaturated/α-hetero) is 1. The van der Waals surface area contributed by atoms with Crippen molar-refractivity contribution in [3.63, 3.8) is 0 Å². The first-order chi connectivity index (χ1) is 8.70. The van der Waals surface area contributed by atoms with Gasteiger partial charge in [0.2, 0.25) is 0 Å². The van der Waals surface area contributed by atoms with Crippen molar-refractivity contribution >= 4 is 14.8 Å². The minimum Gasteiger partial charge on any atom is -0.542 e. The second-order valence-electron chi connectivity index (χ2n) is 6.28. The van der Waals surface area contributed by atoms with Crippen LogP contribution in [0.5, 0.6) is 5.75 Å². The Kier molecular flexibility index (Phi) is 5.35. The molecule has 0 heterocycles. The highest BCUT2D eigenvalue weighted by molar-refractivity contribution is 6.49. The quantitative estimate of drug-likeness (QED) is 0.756. The van der Waals surface area contributed by atoms with E-state index in [1.54, 1.807) is 6.92 Å². The van der Waals surface area contributed by atoms with Crippen LogP contribution in [0.3, 0.4) is 0 Å². The molecule has 0 aliphatic carbocycles. The van der Waals surface area contributed by atoms with Crippen LogP contribution < -0.4 is 4.43 Å². The van der Waals surface area contributed by atoms with Crippen molar-refractivity contribution in [2.45, 2.75) is 59.0 Å². The van der Waals surface area contributed by atoms with Gasteiger partial charge in [-0.05, 0) is 49.0 Å². The molecule has 0 aliphatic heterocycles. The Labute approximate surface area is 118 Å². The van der Waals surface area contributed by atoms with Crippen molar-refractivity contribution in [2.24, 2.45) is 0 Å². The topological polar surface area (TPSA) is 26.3 Å². The van der Waals surface area contributed by atoms with Gasteiger partial charge in [-0.15, -0.1) is 0 Å². The molecule has 0 aliphatic rings. The maximum absolute atomic E-state index is 11.1. The number of aryl methyl sites for hydroxylation is 1. The molecular formula is C16H25O2Si. The van der Waals surface area contributed by atoms with Crippen LogP contribution in [0.1, 0.15) is 45.2 Å². The Morgan fingerprint density at radius 1 is 1.26 bits per heavy atom. The molecule has 3 heteroatoms. The fourth-order valence-corrected chi connectivity index (χ4v) is 2.48. The number of carbonyl (C=O) groups excluding carboxylic acids is 1. The Balaban J connectivity index is 3.05. The number of ketones is 1. The van der Waals surface area contributed by atoms with E-state index >= 15 is 0 Å². The van der Waals surface area contributed by atoms with Crippen LogP contribution in [0.15, 0.2) is 18.2 Å². The summed E-state index contributed by atoms with van der Waals surface area (Å²) in [6, 6.07) is 6.41. The van der Waals surface area contributed by atoms with Gasteiger partial charge < -0.3 is 9.22 Å². The minimum absolute atomic E-state index is 0.117. The highest BCUT2D eigenvalue weighted by Crippen LogP contribution is 2.29. The van der Waals surface area contributed by atoms with E-state index < -0.39 is 9.04 Å². The molecule has 0 amide bonds. The van der Waals surface area contributed by atoms with E-state index in [1.165, 1.54) is 5.56 Å². The third-order valence-corrected chi connectivity index (χ3v) is 3.62. The van der Waals surface area contributed by atoms with Crippen LogP contribution in [0.25, 0.3) is 0 Å². The summed E-state index contributed by atoms with van der Waals surface area (Å²) in [4.78, 5) is 11.1. The first kappa shape index (κ1) is 16.0. The zero-order valence-electron chi connectivity index (χ0n) is 13.0. The minimum atomic E-state index is -0.793. The molecule has 0 atom stereocenters. The van der Waals surface area contributed by atoms with Crippen molar-refractivity contribution < 1.29 is 9.22 Å². The molecule has 1 rings (SSSR count). The molecule has 0 N–H and O–H groups in total. The second-order valence-corrected chi connectivity index (χ2v) is 8.31. The lowest BCUT2D eigenvalue weighted by Crippen LogP contribution is -2.16. The molecule has 1 aromatic carbocycles. The van der Waals surface area contributed by atoms with E-state index in [0.717, 1.165) is 17.7 Å². The summed E-state index contributed by atoms with van der Waals surface area (Å²) in [7, 11) is -0.793. The van der Waals surface area contributed by atoms with Gasteiger partial charge in [0.1, 0.15) is 11.5 Å². The highest BCUT2D eigenvalue weighted by Gasteiger charge is 2.17. The van der Waals surface area contributed by atoms with Gasteiger partial charge in [-0.25, -0.2) is 0 Å². The molecule has 19 heavy (non-hydrogen) atoms. The predicted octanol–water partition coefficient (Wildman–Crippen LogP) is 4.14. The fraction of sp³-hybridized carbons (Fsp3) is 0.562. The SMILES string of the molecule is CC(=O)CCc1ccc(C(C)(C)C)cc1O[Si](C)C. The summed E-state index contributed by atoms with van der Waals surface area (Å²) in [6.07, 6.45) is 1.35. The summed E-state index contributed by atoms with van der Waals surface area (Å²) < 4.78 is 6.00. The average molecular weight is 277 g/mol. The summed E-state index contributed by atoms with van der Waals surface area (Å²) >= 11 is 0. The van der Waals surface area contributed by atoms with Gasteiger partial charge in [-0.2, -0.15) is 0 Å². The summed E-state index contributed by atoms with van der Waals surface area (Å²) in [5.41, 5.74) is 2.54. The average Bonchev–Trinajstić information content (AvgIpc) is 2.25. The molecule has 105 valence electrons. The largest absolute Gasteiger partial charge is 0.542 e. The lowest BCUT2D eigenvalue weighted by Gasteiger charge is -2.22. The molecule has 0 bridgehead atoms. The van der Waals surface area contributed by atoms with Gasteiger partial charge in [0.15, 0.2) is 0 Å². The molecule has 0 spiro atoms. The van der Waals surface area contributed by atoms with Crippen LogP contribution in [0, 0.1) is 0 Å². The van der Waals surface area contributed by atoms with Crippen LogP contribution in [-0.2, 0) is 16.6 Å². The van der Waals surface area contributed by atoms with Gasteiger partial charge in [-0.1, -0.05) is 32.9 Å². The number of hydrogen-bond acceptors (Lipinski definition) is 2. The Hall–Kier alpha value is -1.09. The molecule has 1 radical (unpaired) electrons. The third kappa shape index (κ3) is 5.19. The molecule has 0 aromatic heterocycles. The summed E-state index contributed by atoms with van der Waals surface area (Å²) in [6.45, 7) is 12.5. The third-order valence-electron chi connectivity index (χ3n) is 2.99. The molecular weight excluding hydrogens is 252 g/mol.